The summed E-state index contributed by atoms with van der Waals surface area (Å²) in [6.45, 7) is 0.822. The molecule has 1 saturated heterocycles. The van der Waals surface area contributed by atoms with E-state index < -0.39 is 18.2 Å². The van der Waals surface area contributed by atoms with Crippen LogP contribution in [-0.4, -0.2) is 54.9 Å². The lowest BCUT2D eigenvalue weighted by Crippen LogP contribution is -2.45. The second-order valence-electron chi connectivity index (χ2n) is 5.88. The van der Waals surface area contributed by atoms with Gasteiger partial charge in [-0.15, -0.1) is 0 Å². The molecule has 2 N–H and O–H groups in total. The predicted molar refractivity (Wildman–Crippen MR) is 82.8 cm³/mol. The number of ether oxygens (including phenoxy) is 1. The standard InChI is InChI=1S/C16H21F3N2O3/c1-24-13-4-2-12(3-5-13)20-14(22)10-21-8-6-11(7-9-21)15(23)16(17,18)19/h2-5,11,15,23H,6-10H2,1H3,(H,20,22). The fraction of sp³-hybridized carbons (Fsp3) is 0.562. The average molecular weight is 346 g/mol. The number of rotatable bonds is 5. The maximum Gasteiger partial charge on any atom is 0.414 e. The van der Waals surface area contributed by atoms with Gasteiger partial charge >= 0.3 is 6.18 Å². The number of hydrogen-bond acceptors (Lipinski definition) is 4. The Hall–Kier alpha value is -1.80. The minimum Gasteiger partial charge on any atom is -0.497 e. The maximum absolute atomic E-state index is 12.5. The summed E-state index contributed by atoms with van der Waals surface area (Å²) in [6.07, 6.45) is -6.43. The number of likely N-dealkylation sites (tertiary alicyclic amines) is 1. The van der Waals surface area contributed by atoms with Gasteiger partial charge in [0.1, 0.15) is 5.75 Å². The number of nitrogens with zero attached hydrogens (tertiary/aromatic N) is 1. The van der Waals surface area contributed by atoms with Gasteiger partial charge in [0.25, 0.3) is 0 Å². The Balaban J connectivity index is 1.77. The largest absolute Gasteiger partial charge is 0.497 e. The Bertz CT molecular complexity index is 540. The lowest BCUT2D eigenvalue weighted by molar-refractivity contribution is -0.223. The first-order chi connectivity index (χ1) is 11.3. The lowest BCUT2D eigenvalue weighted by Gasteiger charge is -2.34. The summed E-state index contributed by atoms with van der Waals surface area (Å²) in [5.74, 6) is -0.348. The molecule has 1 amide bonds. The lowest BCUT2D eigenvalue weighted by atomic mass is 9.91. The van der Waals surface area contributed by atoms with Gasteiger partial charge in [0.15, 0.2) is 6.10 Å². The molecule has 0 aromatic heterocycles. The molecule has 8 heteroatoms. The first-order valence-corrected chi connectivity index (χ1v) is 7.70. The molecule has 1 fully saturated rings. The average Bonchev–Trinajstić information content (AvgIpc) is 2.54. The Labute approximate surface area is 138 Å². The summed E-state index contributed by atoms with van der Waals surface area (Å²) >= 11 is 0. The van der Waals surface area contributed by atoms with E-state index in [2.05, 4.69) is 5.32 Å². The van der Waals surface area contributed by atoms with E-state index in [1.165, 1.54) is 0 Å². The molecular weight excluding hydrogens is 325 g/mol. The highest BCUT2D eigenvalue weighted by atomic mass is 19.4. The van der Waals surface area contributed by atoms with Crippen molar-refractivity contribution in [1.29, 1.82) is 0 Å². The number of aliphatic hydroxyl groups is 1. The third-order valence-corrected chi connectivity index (χ3v) is 4.16. The number of methoxy groups -OCH3 is 1. The molecule has 1 aliphatic rings. The Kier molecular flexibility index (Phi) is 6.06. The van der Waals surface area contributed by atoms with Crippen LogP contribution in [0, 0.1) is 5.92 Å². The molecule has 5 nitrogen and oxygen atoms in total. The zero-order valence-electron chi connectivity index (χ0n) is 13.3. The Morgan fingerprint density at radius 2 is 1.92 bits per heavy atom. The Morgan fingerprint density at radius 3 is 2.42 bits per heavy atom. The summed E-state index contributed by atoms with van der Waals surface area (Å²) in [6, 6.07) is 6.87. The highest BCUT2D eigenvalue weighted by molar-refractivity contribution is 5.92. The van der Waals surface area contributed by atoms with E-state index in [9.17, 15) is 23.1 Å². The number of aliphatic hydroxyl groups excluding tert-OH is 1. The molecule has 0 bridgehead atoms. The molecule has 0 spiro atoms. The molecule has 0 aliphatic carbocycles. The van der Waals surface area contributed by atoms with Crippen molar-refractivity contribution in [3.63, 3.8) is 0 Å². The Morgan fingerprint density at radius 1 is 1.33 bits per heavy atom. The van der Waals surface area contributed by atoms with Gasteiger partial charge < -0.3 is 15.2 Å². The highest BCUT2D eigenvalue weighted by Crippen LogP contribution is 2.31. The van der Waals surface area contributed by atoms with Gasteiger partial charge in [0, 0.05) is 5.69 Å². The zero-order chi connectivity index (χ0) is 17.7. The number of amides is 1. The van der Waals surface area contributed by atoms with E-state index in [1.807, 2.05) is 0 Å². The van der Waals surface area contributed by atoms with Crippen LogP contribution in [-0.2, 0) is 4.79 Å². The SMILES string of the molecule is COc1ccc(NC(=O)CN2CCC(C(O)C(F)(F)F)CC2)cc1. The molecule has 0 radical (unpaired) electrons. The van der Waals surface area contributed by atoms with Crippen molar-refractivity contribution in [1.82, 2.24) is 4.90 Å². The molecule has 1 unspecified atom stereocenters. The normalized spacial score (nSPS) is 18.2. The number of hydrogen-bond donors (Lipinski definition) is 2. The molecule has 1 aromatic rings. The van der Waals surface area contributed by atoms with E-state index in [0.717, 1.165) is 0 Å². The summed E-state index contributed by atoms with van der Waals surface area (Å²) in [7, 11) is 1.55. The van der Waals surface area contributed by atoms with Crippen LogP contribution in [0.5, 0.6) is 5.75 Å². The number of halogens is 3. The van der Waals surface area contributed by atoms with Crippen LogP contribution in [0.4, 0.5) is 18.9 Å². The van der Waals surface area contributed by atoms with Crippen LogP contribution in [0.25, 0.3) is 0 Å². The third kappa shape index (κ3) is 5.10. The van der Waals surface area contributed by atoms with E-state index in [1.54, 1.807) is 36.3 Å². The van der Waals surface area contributed by atoms with Crippen molar-refractivity contribution in [2.45, 2.75) is 25.1 Å². The fourth-order valence-electron chi connectivity index (χ4n) is 2.77. The molecular formula is C16H21F3N2O3. The highest BCUT2D eigenvalue weighted by Gasteiger charge is 2.44. The molecule has 24 heavy (non-hydrogen) atoms. The molecule has 134 valence electrons. The van der Waals surface area contributed by atoms with Gasteiger partial charge in [0.2, 0.25) is 5.91 Å². The second kappa shape index (κ2) is 7.85. The van der Waals surface area contributed by atoms with Crippen molar-refractivity contribution in [3.8, 4) is 5.75 Å². The number of carbonyl (C=O) groups excluding carboxylic acids is 1. The van der Waals surface area contributed by atoms with Gasteiger partial charge in [-0.05, 0) is 56.1 Å². The molecule has 0 saturated carbocycles. The van der Waals surface area contributed by atoms with Gasteiger partial charge in [-0.25, -0.2) is 0 Å². The summed E-state index contributed by atoms with van der Waals surface area (Å²) in [5, 5.41) is 12.0. The smallest absolute Gasteiger partial charge is 0.414 e. The predicted octanol–water partition coefficient (Wildman–Crippen LogP) is 2.27. The third-order valence-electron chi connectivity index (χ3n) is 4.16. The van der Waals surface area contributed by atoms with E-state index >= 15 is 0 Å². The maximum atomic E-state index is 12.5. The van der Waals surface area contributed by atoms with Crippen molar-refractivity contribution in [3.05, 3.63) is 24.3 Å². The second-order valence-corrected chi connectivity index (χ2v) is 5.88. The molecule has 2 rings (SSSR count). The molecule has 1 aliphatic heterocycles. The monoisotopic (exact) mass is 346 g/mol. The van der Waals surface area contributed by atoms with E-state index in [0.29, 0.717) is 24.5 Å². The van der Waals surface area contributed by atoms with Crippen molar-refractivity contribution >= 4 is 11.6 Å². The first kappa shape index (κ1) is 18.5. The number of alkyl halides is 3. The van der Waals surface area contributed by atoms with E-state index in [-0.39, 0.29) is 25.3 Å². The van der Waals surface area contributed by atoms with Crippen LogP contribution in [0.15, 0.2) is 24.3 Å². The minimum atomic E-state index is -4.58. The van der Waals surface area contributed by atoms with Crippen LogP contribution in [0.1, 0.15) is 12.8 Å². The number of nitrogens with one attached hydrogen (secondary N) is 1. The molecule has 1 aromatic carbocycles. The minimum absolute atomic E-state index is 0.112. The number of benzene rings is 1. The zero-order valence-corrected chi connectivity index (χ0v) is 13.3. The van der Waals surface area contributed by atoms with Gasteiger partial charge in [-0.2, -0.15) is 13.2 Å². The van der Waals surface area contributed by atoms with Crippen LogP contribution in [0.2, 0.25) is 0 Å². The van der Waals surface area contributed by atoms with Gasteiger partial charge in [0.05, 0.1) is 13.7 Å². The van der Waals surface area contributed by atoms with Crippen molar-refractivity contribution in [2.24, 2.45) is 5.92 Å². The summed E-state index contributed by atoms with van der Waals surface area (Å²) in [4.78, 5) is 13.8. The molecule has 1 atom stereocenters. The summed E-state index contributed by atoms with van der Waals surface area (Å²) in [5.41, 5.74) is 0.628. The summed E-state index contributed by atoms with van der Waals surface area (Å²) < 4.78 is 42.5. The molecule has 1 heterocycles. The number of carbonyl (C=O) groups is 1. The topological polar surface area (TPSA) is 61.8 Å². The van der Waals surface area contributed by atoms with Crippen LogP contribution >= 0.6 is 0 Å². The quantitative estimate of drug-likeness (QED) is 0.859. The number of piperidine rings is 1. The first-order valence-electron chi connectivity index (χ1n) is 7.70. The van der Waals surface area contributed by atoms with Gasteiger partial charge in [-0.1, -0.05) is 0 Å². The number of anilines is 1. The van der Waals surface area contributed by atoms with Crippen molar-refractivity contribution in [2.75, 3.05) is 32.1 Å². The van der Waals surface area contributed by atoms with Gasteiger partial charge in [-0.3, -0.25) is 9.69 Å². The van der Waals surface area contributed by atoms with Crippen LogP contribution in [0.3, 0.4) is 0 Å². The van der Waals surface area contributed by atoms with Crippen molar-refractivity contribution < 1.29 is 27.8 Å². The fourth-order valence-corrected chi connectivity index (χ4v) is 2.77. The van der Waals surface area contributed by atoms with E-state index in [4.69, 9.17) is 4.74 Å². The van der Waals surface area contributed by atoms with Crippen LogP contribution < -0.4 is 10.1 Å².